The van der Waals surface area contributed by atoms with Gasteiger partial charge in [-0.25, -0.2) is 5.48 Å². The first kappa shape index (κ1) is 12.5. The van der Waals surface area contributed by atoms with Crippen molar-refractivity contribution in [3.63, 3.8) is 0 Å². The Morgan fingerprint density at radius 1 is 1.28 bits per heavy atom. The Morgan fingerprint density at radius 2 is 2.11 bits per heavy atom. The lowest BCUT2D eigenvalue weighted by Crippen LogP contribution is -2.26. The maximum atomic E-state index is 11.9. The second-order valence-electron chi connectivity index (χ2n) is 3.65. The second-order valence-corrected chi connectivity index (χ2v) is 3.65. The van der Waals surface area contributed by atoms with Crippen LogP contribution < -0.4 is 5.48 Å². The van der Waals surface area contributed by atoms with Crippen LogP contribution in [0.1, 0.15) is 10.5 Å². The summed E-state index contributed by atoms with van der Waals surface area (Å²) >= 11 is 0. The minimum atomic E-state index is -0.358. The van der Waals surface area contributed by atoms with E-state index in [1.54, 1.807) is 13.3 Å². The number of carbonyl (C=O) groups excluding carboxylic acids is 1. The number of nitrogens with one attached hydrogen (secondary N) is 1. The number of benzene rings is 1. The molecule has 0 radical (unpaired) electrons. The lowest BCUT2D eigenvalue weighted by Gasteiger charge is -2.07. The van der Waals surface area contributed by atoms with Crippen molar-refractivity contribution in [1.29, 1.82) is 0 Å². The highest BCUT2D eigenvalue weighted by Crippen LogP contribution is 2.15. The fourth-order valence-electron chi connectivity index (χ4n) is 1.59. The monoisotopic (exact) mass is 246 g/mol. The third kappa shape index (κ3) is 2.82. The fourth-order valence-corrected chi connectivity index (χ4v) is 1.59. The van der Waals surface area contributed by atoms with Gasteiger partial charge in [-0.05, 0) is 11.5 Å². The number of carbonyl (C=O) groups is 1. The Hall–Kier alpha value is -1.98. The summed E-state index contributed by atoms with van der Waals surface area (Å²) in [7, 11) is 1.57. The highest BCUT2D eigenvalue weighted by molar-refractivity contribution is 6.04. The highest BCUT2D eigenvalue weighted by Gasteiger charge is 2.10. The average Bonchev–Trinajstić information content (AvgIpc) is 2.43. The lowest BCUT2D eigenvalue weighted by molar-refractivity contribution is 0.00870. The molecule has 2 rings (SSSR count). The van der Waals surface area contributed by atoms with Crippen molar-refractivity contribution in [3.05, 3.63) is 42.2 Å². The van der Waals surface area contributed by atoms with Crippen LogP contribution in [0.2, 0.25) is 0 Å². The van der Waals surface area contributed by atoms with Crippen molar-refractivity contribution in [2.75, 3.05) is 20.3 Å². The molecular weight excluding hydrogens is 232 g/mol. The third-order valence-corrected chi connectivity index (χ3v) is 2.44. The van der Waals surface area contributed by atoms with E-state index in [-0.39, 0.29) is 5.91 Å². The lowest BCUT2D eigenvalue weighted by atomic mass is 10.1. The molecule has 0 saturated heterocycles. The number of fused-ring (bicyclic) bond motifs is 1. The van der Waals surface area contributed by atoms with Crippen LogP contribution in [-0.4, -0.2) is 31.2 Å². The fraction of sp³-hybridized carbons (Fsp3) is 0.231. The molecule has 0 spiro atoms. The van der Waals surface area contributed by atoms with E-state index >= 15 is 0 Å². The molecule has 1 amide bonds. The molecule has 0 aliphatic rings. The maximum absolute atomic E-state index is 11.9. The molecule has 0 saturated carbocycles. The molecule has 1 N–H and O–H groups in total. The standard InChI is InChI=1S/C13H14N2O3/c1-17-8-9-18-15-13(16)12-11-5-3-2-4-10(11)6-7-14-12/h2-7H,8-9H2,1H3,(H,15,16). The molecule has 0 atom stereocenters. The van der Waals surface area contributed by atoms with Crippen LogP contribution in [-0.2, 0) is 9.57 Å². The molecule has 18 heavy (non-hydrogen) atoms. The van der Waals surface area contributed by atoms with Gasteiger partial charge in [0.2, 0.25) is 0 Å². The molecule has 1 heterocycles. The molecule has 0 aliphatic carbocycles. The Balaban J connectivity index is 2.13. The molecular formula is C13H14N2O3. The Labute approximate surface area is 105 Å². The summed E-state index contributed by atoms with van der Waals surface area (Å²) in [5.41, 5.74) is 2.70. The van der Waals surface area contributed by atoms with Gasteiger partial charge in [0.05, 0.1) is 13.2 Å². The van der Waals surface area contributed by atoms with Gasteiger partial charge in [0.25, 0.3) is 5.91 Å². The van der Waals surface area contributed by atoms with Gasteiger partial charge in [-0.1, -0.05) is 24.3 Å². The Morgan fingerprint density at radius 3 is 2.94 bits per heavy atom. The number of rotatable bonds is 5. The van der Waals surface area contributed by atoms with E-state index < -0.39 is 0 Å². The highest BCUT2D eigenvalue weighted by atomic mass is 16.7. The van der Waals surface area contributed by atoms with Crippen LogP contribution in [0.15, 0.2) is 36.5 Å². The molecule has 0 fully saturated rings. The first-order chi connectivity index (χ1) is 8.83. The SMILES string of the molecule is COCCONC(=O)c1nccc2ccccc12. The van der Waals surface area contributed by atoms with E-state index in [1.807, 2.05) is 30.3 Å². The van der Waals surface area contributed by atoms with Gasteiger partial charge in [-0.2, -0.15) is 0 Å². The maximum Gasteiger partial charge on any atom is 0.294 e. The van der Waals surface area contributed by atoms with Gasteiger partial charge in [0.1, 0.15) is 5.69 Å². The molecule has 5 heteroatoms. The molecule has 1 aromatic heterocycles. The van der Waals surface area contributed by atoms with E-state index in [9.17, 15) is 4.79 Å². The number of hydrogen-bond donors (Lipinski definition) is 1. The second kappa shape index (κ2) is 6.09. The summed E-state index contributed by atoms with van der Waals surface area (Å²) in [5.74, 6) is -0.358. The van der Waals surface area contributed by atoms with Gasteiger partial charge in [0.15, 0.2) is 0 Å². The molecule has 5 nitrogen and oxygen atoms in total. The van der Waals surface area contributed by atoms with Crippen molar-refractivity contribution in [2.45, 2.75) is 0 Å². The van der Waals surface area contributed by atoms with Gasteiger partial charge >= 0.3 is 0 Å². The van der Waals surface area contributed by atoms with E-state index in [2.05, 4.69) is 10.5 Å². The number of ether oxygens (including phenoxy) is 1. The van der Waals surface area contributed by atoms with Crippen LogP contribution in [0.5, 0.6) is 0 Å². The smallest absolute Gasteiger partial charge is 0.294 e. The van der Waals surface area contributed by atoms with Crippen molar-refractivity contribution >= 4 is 16.7 Å². The van der Waals surface area contributed by atoms with Crippen LogP contribution in [0.3, 0.4) is 0 Å². The van der Waals surface area contributed by atoms with Crippen LogP contribution in [0.4, 0.5) is 0 Å². The predicted octanol–water partition coefficient (Wildman–Crippen LogP) is 1.54. The number of nitrogens with zero attached hydrogens (tertiary/aromatic N) is 1. The van der Waals surface area contributed by atoms with Crippen LogP contribution in [0, 0.1) is 0 Å². The average molecular weight is 246 g/mol. The molecule has 94 valence electrons. The van der Waals surface area contributed by atoms with Crippen LogP contribution >= 0.6 is 0 Å². The Bertz CT molecular complexity index is 537. The van der Waals surface area contributed by atoms with E-state index in [0.29, 0.717) is 18.9 Å². The zero-order valence-corrected chi connectivity index (χ0v) is 10.1. The van der Waals surface area contributed by atoms with Crippen molar-refractivity contribution in [1.82, 2.24) is 10.5 Å². The minimum Gasteiger partial charge on any atom is -0.382 e. The summed E-state index contributed by atoms with van der Waals surface area (Å²) in [4.78, 5) is 20.9. The topological polar surface area (TPSA) is 60.5 Å². The van der Waals surface area contributed by atoms with Gasteiger partial charge < -0.3 is 4.74 Å². The number of pyridine rings is 1. The molecule has 0 unspecified atom stereocenters. The summed E-state index contributed by atoms with van der Waals surface area (Å²) < 4.78 is 4.81. The summed E-state index contributed by atoms with van der Waals surface area (Å²) in [5, 5.41) is 1.77. The number of aromatic nitrogens is 1. The van der Waals surface area contributed by atoms with Crippen molar-refractivity contribution in [2.24, 2.45) is 0 Å². The number of hydroxylamine groups is 1. The van der Waals surface area contributed by atoms with Gasteiger partial charge in [0, 0.05) is 18.7 Å². The largest absolute Gasteiger partial charge is 0.382 e. The number of hydrogen-bond acceptors (Lipinski definition) is 4. The molecule has 0 aliphatic heterocycles. The quantitative estimate of drug-likeness (QED) is 0.642. The molecule has 1 aromatic carbocycles. The summed E-state index contributed by atoms with van der Waals surface area (Å²) in [6, 6.07) is 9.43. The summed E-state index contributed by atoms with van der Waals surface area (Å²) in [6.45, 7) is 0.719. The normalized spacial score (nSPS) is 10.5. The van der Waals surface area contributed by atoms with Gasteiger partial charge in [-0.3, -0.25) is 14.6 Å². The zero-order chi connectivity index (χ0) is 12.8. The summed E-state index contributed by atoms with van der Waals surface area (Å²) in [6.07, 6.45) is 1.60. The zero-order valence-electron chi connectivity index (χ0n) is 10.1. The number of amides is 1. The van der Waals surface area contributed by atoms with E-state index in [4.69, 9.17) is 9.57 Å². The van der Waals surface area contributed by atoms with E-state index in [0.717, 1.165) is 10.8 Å². The van der Waals surface area contributed by atoms with Crippen LogP contribution in [0.25, 0.3) is 10.8 Å². The molecule has 2 aromatic rings. The first-order valence-electron chi connectivity index (χ1n) is 5.58. The predicted molar refractivity (Wildman–Crippen MR) is 67.0 cm³/mol. The minimum absolute atomic E-state index is 0.299. The number of methoxy groups -OCH3 is 1. The molecule has 0 bridgehead atoms. The van der Waals surface area contributed by atoms with Crippen molar-refractivity contribution < 1.29 is 14.4 Å². The third-order valence-electron chi connectivity index (χ3n) is 2.44. The van der Waals surface area contributed by atoms with E-state index in [1.165, 1.54) is 0 Å². The first-order valence-corrected chi connectivity index (χ1v) is 5.58. The van der Waals surface area contributed by atoms with Gasteiger partial charge in [-0.15, -0.1) is 0 Å². The Kier molecular flexibility index (Phi) is 4.22. The van der Waals surface area contributed by atoms with Crippen molar-refractivity contribution in [3.8, 4) is 0 Å².